The second kappa shape index (κ2) is 6.57. The number of carbonyl (C=O) groups is 1. The van der Waals surface area contributed by atoms with Crippen LogP contribution in [0.1, 0.15) is 68.7 Å². The minimum Gasteiger partial charge on any atom is -0.476 e. The van der Waals surface area contributed by atoms with Crippen LogP contribution >= 0.6 is 11.8 Å². The number of thioether (sulfide) groups is 1. The number of hydrogen-bond donors (Lipinski definition) is 1. The highest BCUT2D eigenvalue weighted by molar-refractivity contribution is 8.00. The van der Waals surface area contributed by atoms with Crippen LogP contribution in [-0.2, 0) is 0 Å². The van der Waals surface area contributed by atoms with Crippen molar-refractivity contribution in [2.45, 2.75) is 62.5 Å². The van der Waals surface area contributed by atoms with E-state index in [0.29, 0.717) is 16.0 Å². The number of carboxylic acids is 1. The summed E-state index contributed by atoms with van der Waals surface area (Å²) in [6.07, 6.45) is 6.50. The summed E-state index contributed by atoms with van der Waals surface area (Å²) < 4.78 is 0. The molecule has 1 heterocycles. The normalized spacial score (nSPS) is 23.0. The maximum Gasteiger partial charge on any atom is 0.355 e. The summed E-state index contributed by atoms with van der Waals surface area (Å²) in [4.78, 5) is 20.6. The van der Waals surface area contributed by atoms with E-state index in [1.54, 1.807) is 18.0 Å². The predicted molar refractivity (Wildman–Crippen MR) is 80.4 cm³/mol. The fourth-order valence-electron chi connectivity index (χ4n) is 2.57. The third-order valence-corrected chi connectivity index (χ3v) is 4.99. The van der Waals surface area contributed by atoms with E-state index in [1.165, 1.54) is 12.8 Å². The second-order valence-electron chi connectivity index (χ2n) is 5.91. The summed E-state index contributed by atoms with van der Waals surface area (Å²) in [6, 6.07) is 0. The highest BCUT2D eigenvalue weighted by Crippen LogP contribution is 2.37. The summed E-state index contributed by atoms with van der Waals surface area (Å²) in [7, 11) is 0. The maximum atomic E-state index is 11.4. The third kappa shape index (κ3) is 3.72. The smallest absolute Gasteiger partial charge is 0.355 e. The molecule has 2 atom stereocenters. The molecule has 0 spiro atoms. The molecule has 1 aromatic heterocycles. The number of carboxylic acid groups (broad SMARTS) is 1. The van der Waals surface area contributed by atoms with Crippen molar-refractivity contribution in [3.05, 3.63) is 17.7 Å². The standard InChI is InChI=1S/C15H22N2O2S/c1-9(2)14-16-8-12(13(17-14)15(18)19)20-11-6-4-5-10(3)7-11/h8-11H,4-7H2,1-3H3,(H,18,19). The number of aromatic carboxylic acids is 1. The molecular weight excluding hydrogens is 272 g/mol. The van der Waals surface area contributed by atoms with Gasteiger partial charge in [-0.3, -0.25) is 0 Å². The number of rotatable bonds is 4. The quantitative estimate of drug-likeness (QED) is 0.910. The molecule has 4 nitrogen and oxygen atoms in total. The summed E-state index contributed by atoms with van der Waals surface area (Å²) in [6.45, 7) is 6.20. The van der Waals surface area contributed by atoms with E-state index >= 15 is 0 Å². The van der Waals surface area contributed by atoms with Gasteiger partial charge >= 0.3 is 5.97 Å². The molecule has 1 aromatic rings. The molecule has 0 saturated heterocycles. The summed E-state index contributed by atoms with van der Waals surface area (Å²) in [5, 5.41) is 9.84. The Morgan fingerprint density at radius 3 is 2.80 bits per heavy atom. The summed E-state index contributed by atoms with van der Waals surface area (Å²) >= 11 is 1.64. The minimum absolute atomic E-state index is 0.141. The average Bonchev–Trinajstić information content (AvgIpc) is 2.38. The molecule has 0 aromatic carbocycles. The predicted octanol–water partition coefficient (Wildman–Crippen LogP) is 3.97. The lowest BCUT2D eigenvalue weighted by atomic mass is 9.91. The zero-order chi connectivity index (χ0) is 14.7. The van der Waals surface area contributed by atoms with Crippen molar-refractivity contribution >= 4 is 17.7 Å². The van der Waals surface area contributed by atoms with Crippen LogP contribution in [0.4, 0.5) is 0 Å². The van der Waals surface area contributed by atoms with E-state index in [1.807, 2.05) is 13.8 Å². The zero-order valence-electron chi connectivity index (χ0n) is 12.3. The van der Waals surface area contributed by atoms with Gasteiger partial charge in [0.15, 0.2) is 5.69 Å². The van der Waals surface area contributed by atoms with Crippen molar-refractivity contribution < 1.29 is 9.90 Å². The Balaban J connectivity index is 2.20. The van der Waals surface area contributed by atoms with E-state index in [4.69, 9.17) is 0 Å². The van der Waals surface area contributed by atoms with E-state index in [0.717, 1.165) is 18.8 Å². The Morgan fingerprint density at radius 1 is 1.45 bits per heavy atom. The molecule has 110 valence electrons. The van der Waals surface area contributed by atoms with Gasteiger partial charge in [0.1, 0.15) is 5.82 Å². The summed E-state index contributed by atoms with van der Waals surface area (Å²) in [5.74, 6) is 0.511. The lowest BCUT2D eigenvalue weighted by Crippen LogP contribution is -2.16. The van der Waals surface area contributed by atoms with Gasteiger partial charge in [-0.1, -0.05) is 33.6 Å². The van der Waals surface area contributed by atoms with Crippen molar-refractivity contribution in [1.29, 1.82) is 0 Å². The van der Waals surface area contributed by atoms with Crippen LogP contribution in [0.2, 0.25) is 0 Å². The van der Waals surface area contributed by atoms with Crippen LogP contribution in [0.5, 0.6) is 0 Å². The first kappa shape index (κ1) is 15.3. The fraction of sp³-hybridized carbons (Fsp3) is 0.667. The van der Waals surface area contributed by atoms with E-state index < -0.39 is 5.97 Å². The molecular formula is C15H22N2O2S. The highest BCUT2D eigenvalue weighted by atomic mass is 32.2. The van der Waals surface area contributed by atoms with E-state index in [-0.39, 0.29) is 11.6 Å². The van der Waals surface area contributed by atoms with Crippen LogP contribution in [0.15, 0.2) is 11.1 Å². The third-order valence-electron chi connectivity index (χ3n) is 3.67. The molecule has 0 bridgehead atoms. The molecule has 1 aliphatic rings. The Morgan fingerprint density at radius 2 is 2.20 bits per heavy atom. The van der Waals surface area contributed by atoms with Crippen molar-refractivity contribution in [3.63, 3.8) is 0 Å². The van der Waals surface area contributed by atoms with Crippen molar-refractivity contribution in [2.24, 2.45) is 5.92 Å². The fourth-order valence-corrected chi connectivity index (χ4v) is 3.99. The minimum atomic E-state index is -0.958. The maximum absolute atomic E-state index is 11.4. The van der Waals surface area contributed by atoms with Crippen molar-refractivity contribution in [1.82, 2.24) is 9.97 Å². The SMILES string of the molecule is CC1CCCC(Sc2cnc(C(C)C)nc2C(=O)O)C1. The Bertz CT molecular complexity index is 491. The molecule has 1 saturated carbocycles. The van der Waals surface area contributed by atoms with Gasteiger partial charge in [0.05, 0.1) is 4.90 Å². The van der Waals surface area contributed by atoms with Gasteiger partial charge in [0, 0.05) is 17.4 Å². The van der Waals surface area contributed by atoms with Gasteiger partial charge in [-0.15, -0.1) is 11.8 Å². The van der Waals surface area contributed by atoms with Gasteiger partial charge in [-0.05, 0) is 18.8 Å². The molecule has 20 heavy (non-hydrogen) atoms. The molecule has 1 N–H and O–H groups in total. The van der Waals surface area contributed by atoms with Crippen LogP contribution in [-0.4, -0.2) is 26.3 Å². The molecule has 0 aliphatic heterocycles. The van der Waals surface area contributed by atoms with Gasteiger partial charge in [-0.2, -0.15) is 0 Å². The Labute approximate surface area is 124 Å². The molecule has 2 unspecified atom stereocenters. The first-order valence-electron chi connectivity index (χ1n) is 7.24. The Hall–Kier alpha value is -1.10. The summed E-state index contributed by atoms with van der Waals surface area (Å²) in [5.41, 5.74) is 0.159. The van der Waals surface area contributed by atoms with E-state index in [9.17, 15) is 9.90 Å². The largest absolute Gasteiger partial charge is 0.476 e. The number of nitrogens with zero attached hydrogens (tertiary/aromatic N) is 2. The van der Waals surface area contributed by atoms with E-state index in [2.05, 4.69) is 16.9 Å². The number of hydrogen-bond acceptors (Lipinski definition) is 4. The molecule has 1 fully saturated rings. The van der Waals surface area contributed by atoms with Gasteiger partial charge in [0.2, 0.25) is 0 Å². The molecule has 5 heteroatoms. The lowest BCUT2D eigenvalue weighted by molar-refractivity contribution is 0.0685. The van der Waals surface area contributed by atoms with Crippen molar-refractivity contribution in [3.8, 4) is 0 Å². The topological polar surface area (TPSA) is 63.1 Å². The van der Waals surface area contributed by atoms with Crippen LogP contribution in [0, 0.1) is 5.92 Å². The zero-order valence-corrected chi connectivity index (χ0v) is 13.1. The van der Waals surface area contributed by atoms with Crippen LogP contribution < -0.4 is 0 Å². The van der Waals surface area contributed by atoms with Gasteiger partial charge in [0.25, 0.3) is 0 Å². The highest BCUT2D eigenvalue weighted by Gasteiger charge is 2.23. The first-order valence-corrected chi connectivity index (χ1v) is 8.12. The van der Waals surface area contributed by atoms with Crippen molar-refractivity contribution in [2.75, 3.05) is 0 Å². The Kier molecular flexibility index (Phi) is 5.02. The van der Waals surface area contributed by atoms with Gasteiger partial charge < -0.3 is 5.11 Å². The number of aromatic nitrogens is 2. The second-order valence-corrected chi connectivity index (χ2v) is 7.25. The van der Waals surface area contributed by atoms with Gasteiger partial charge in [-0.25, -0.2) is 14.8 Å². The average molecular weight is 294 g/mol. The molecule has 0 amide bonds. The van der Waals surface area contributed by atoms with Crippen LogP contribution in [0.3, 0.4) is 0 Å². The lowest BCUT2D eigenvalue weighted by Gasteiger charge is -2.26. The van der Waals surface area contributed by atoms with Crippen LogP contribution in [0.25, 0.3) is 0 Å². The molecule has 0 radical (unpaired) electrons. The first-order chi connectivity index (χ1) is 9.47. The molecule has 1 aliphatic carbocycles. The molecule has 2 rings (SSSR count). The monoisotopic (exact) mass is 294 g/mol.